The number of carbonyl (C=O) groups excluding carboxylic acids is 1. The van der Waals surface area contributed by atoms with Gasteiger partial charge in [0.25, 0.3) is 5.91 Å². The largest absolute Gasteiger partial charge is 0.322 e. The van der Waals surface area contributed by atoms with Crippen LogP contribution in [0.2, 0.25) is 0 Å². The van der Waals surface area contributed by atoms with Crippen LogP contribution in [0, 0.1) is 26.6 Å². The highest BCUT2D eigenvalue weighted by Gasteiger charge is 2.15. The van der Waals surface area contributed by atoms with Gasteiger partial charge in [-0.2, -0.15) is 5.10 Å². The third-order valence-electron chi connectivity index (χ3n) is 2.66. The molecule has 0 bridgehead atoms. The number of anilines is 1. The summed E-state index contributed by atoms with van der Waals surface area (Å²) in [7, 11) is 0. The van der Waals surface area contributed by atoms with E-state index in [1.807, 2.05) is 0 Å². The van der Waals surface area contributed by atoms with Crippen LogP contribution in [-0.4, -0.2) is 16.1 Å². The molecular formula is C13H14FN3O. The summed E-state index contributed by atoms with van der Waals surface area (Å²) in [6.07, 6.45) is 0. The predicted molar refractivity (Wildman–Crippen MR) is 67.2 cm³/mol. The molecular weight excluding hydrogens is 233 g/mol. The van der Waals surface area contributed by atoms with Crippen molar-refractivity contribution in [3.8, 4) is 0 Å². The highest BCUT2D eigenvalue weighted by molar-refractivity contribution is 6.05. The molecule has 0 unspecified atom stereocenters. The van der Waals surface area contributed by atoms with Gasteiger partial charge < -0.3 is 5.32 Å². The monoisotopic (exact) mass is 247 g/mol. The Morgan fingerprint density at radius 2 is 2.00 bits per heavy atom. The summed E-state index contributed by atoms with van der Waals surface area (Å²) in [5.41, 5.74) is 3.01. The number of aryl methyl sites for hydroxylation is 3. The molecule has 1 heterocycles. The van der Waals surface area contributed by atoms with Crippen LogP contribution in [0.25, 0.3) is 0 Å². The lowest BCUT2D eigenvalue weighted by atomic mass is 10.1. The van der Waals surface area contributed by atoms with Crippen molar-refractivity contribution >= 4 is 11.6 Å². The van der Waals surface area contributed by atoms with Gasteiger partial charge >= 0.3 is 0 Å². The summed E-state index contributed by atoms with van der Waals surface area (Å²) in [5.74, 6) is -0.658. The zero-order valence-electron chi connectivity index (χ0n) is 10.5. The number of hydrogen-bond acceptors (Lipinski definition) is 2. The van der Waals surface area contributed by atoms with Crippen LogP contribution in [0.15, 0.2) is 18.2 Å². The normalized spacial score (nSPS) is 10.4. The molecule has 1 aromatic carbocycles. The zero-order valence-corrected chi connectivity index (χ0v) is 10.5. The summed E-state index contributed by atoms with van der Waals surface area (Å²) in [6, 6.07) is 4.41. The van der Waals surface area contributed by atoms with E-state index in [1.54, 1.807) is 26.8 Å². The Labute approximate surface area is 104 Å². The summed E-state index contributed by atoms with van der Waals surface area (Å²) >= 11 is 0. The quantitative estimate of drug-likeness (QED) is 0.857. The van der Waals surface area contributed by atoms with Crippen molar-refractivity contribution in [2.45, 2.75) is 20.8 Å². The molecule has 5 heteroatoms. The zero-order chi connectivity index (χ0) is 13.3. The van der Waals surface area contributed by atoms with Crippen molar-refractivity contribution in [3.05, 3.63) is 46.5 Å². The summed E-state index contributed by atoms with van der Waals surface area (Å²) in [4.78, 5) is 12.0. The first-order valence-corrected chi connectivity index (χ1v) is 5.57. The molecule has 1 amide bonds. The maximum absolute atomic E-state index is 13.2. The fourth-order valence-electron chi connectivity index (χ4n) is 1.89. The summed E-state index contributed by atoms with van der Waals surface area (Å²) < 4.78 is 13.2. The highest BCUT2D eigenvalue weighted by Crippen LogP contribution is 2.16. The molecule has 0 atom stereocenters. The lowest BCUT2D eigenvalue weighted by Gasteiger charge is -2.06. The number of rotatable bonds is 2. The number of hydrogen-bond donors (Lipinski definition) is 2. The summed E-state index contributed by atoms with van der Waals surface area (Å²) in [5, 5.41) is 9.36. The van der Waals surface area contributed by atoms with Crippen LogP contribution >= 0.6 is 0 Å². The van der Waals surface area contributed by atoms with Gasteiger partial charge in [-0.25, -0.2) is 4.39 Å². The van der Waals surface area contributed by atoms with Crippen LogP contribution in [0.4, 0.5) is 10.1 Å². The van der Waals surface area contributed by atoms with Gasteiger partial charge in [0.05, 0.1) is 11.3 Å². The van der Waals surface area contributed by atoms with Gasteiger partial charge in [0, 0.05) is 11.4 Å². The van der Waals surface area contributed by atoms with Gasteiger partial charge in [-0.15, -0.1) is 0 Å². The maximum atomic E-state index is 13.2. The van der Waals surface area contributed by atoms with Crippen LogP contribution in [-0.2, 0) is 0 Å². The van der Waals surface area contributed by atoms with Gasteiger partial charge in [-0.3, -0.25) is 9.89 Å². The predicted octanol–water partition coefficient (Wildman–Crippen LogP) is 2.73. The number of nitrogens with zero attached hydrogens (tertiary/aromatic N) is 1. The molecule has 0 saturated heterocycles. The molecule has 2 N–H and O–H groups in total. The number of H-pyrrole nitrogens is 1. The first-order valence-electron chi connectivity index (χ1n) is 5.57. The van der Waals surface area contributed by atoms with Crippen LogP contribution < -0.4 is 5.32 Å². The average molecular weight is 247 g/mol. The van der Waals surface area contributed by atoms with E-state index in [-0.39, 0.29) is 11.7 Å². The number of amides is 1. The Kier molecular flexibility index (Phi) is 3.14. The van der Waals surface area contributed by atoms with E-state index in [2.05, 4.69) is 15.5 Å². The lowest BCUT2D eigenvalue weighted by Crippen LogP contribution is -2.14. The minimum atomic E-state index is -0.370. The second kappa shape index (κ2) is 4.60. The first kappa shape index (κ1) is 12.3. The Bertz CT molecular complexity index is 565. The van der Waals surface area contributed by atoms with Gasteiger partial charge in [0.15, 0.2) is 0 Å². The molecule has 0 aliphatic carbocycles. The van der Waals surface area contributed by atoms with Crippen molar-refractivity contribution < 1.29 is 9.18 Å². The first-order chi connectivity index (χ1) is 8.47. The van der Waals surface area contributed by atoms with E-state index in [1.165, 1.54) is 12.1 Å². The second-order valence-corrected chi connectivity index (χ2v) is 4.28. The molecule has 2 rings (SSSR count). The molecule has 0 radical (unpaired) electrons. The highest BCUT2D eigenvalue weighted by atomic mass is 19.1. The number of carbonyl (C=O) groups is 1. The molecule has 1 aromatic heterocycles. The van der Waals surface area contributed by atoms with Crippen molar-refractivity contribution in [2.24, 2.45) is 0 Å². The molecule has 0 spiro atoms. The van der Waals surface area contributed by atoms with Gasteiger partial charge in [-0.1, -0.05) is 0 Å². The fraction of sp³-hybridized carbons (Fsp3) is 0.231. The van der Waals surface area contributed by atoms with Crippen molar-refractivity contribution in [1.82, 2.24) is 10.2 Å². The Balaban J connectivity index is 2.27. The Morgan fingerprint density at radius 3 is 2.56 bits per heavy atom. The maximum Gasteiger partial charge on any atom is 0.259 e. The molecule has 0 saturated carbocycles. The van der Waals surface area contributed by atoms with Crippen molar-refractivity contribution in [2.75, 3.05) is 5.32 Å². The third-order valence-corrected chi connectivity index (χ3v) is 2.66. The molecule has 0 aliphatic rings. The molecule has 94 valence electrons. The smallest absolute Gasteiger partial charge is 0.259 e. The van der Waals surface area contributed by atoms with Gasteiger partial charge in [0.2, 0.25) is 0 Å². The number of halogens is 1. The van der Waals surface area contributed by atoms with E-state index in [0.29, 0.717) is 22.6 Å². The third kappa shape index (κ3) is 2.40. The lowest BCUT2D eigenvalue weighted by molar-refractivity contribution is 0.102. The number of benzene rings is 1. The van der Waals surface area contributed by atoms with E-state index in [9.17, 15) is 9.18 Å². The molecule has 0 aliphatic heterocycles. The van der Waals surface area contributed by atoms with Gasteiger partial charge in [0.1, 0.15) is 5.82 Å². The summed E-state index contributed by atoms with van der Waals surface area (Å²) in [6.45, 7) is 5.29. The van der Waals surface area contributed by atoms with Crippen LogP contribution in [0.5, 0.6) is 0 Å². The number of aromatic nitrogens is 2. The molecule has 18 heavy (non-hydrogen) atoms. The Hall–Kier alpha value is -2.17. The topological polar surface area (TPSA) is 57.8 Å². The fourth-order valence-corrected chi connectivity index (χ4v) is 1.89. The van der Waals surface area contributed by atoms with Gasteiger partial charge in [-0.05, 0) is 44.5 Å². The molecule has 0 fully saturated rings. The van der Waals surface area contributed by atoms with Crippen LogP contribution in [0.1, 0.15) is 27.3 Å². The van der Waals surface area contributed by atoms with E-state index >= 15 is 0 Å². The minimum absolute atomic E-state index is 0.288. The molecule has 4 nitrogen and oxygen atoms in total. The van der Waals surface area contributed by atoms with Crippen molar-refractivity contribution in [3.63, 3.8) is 0 Å². The number of aromatic amines is 1. The Morgan fingerprint density at radius 1 is 1.28 bits per heavy atom. The van der Waals surface area contributed by atoms with E-state index < -0.39 is 0 Å². The standard InChI is InChI=1S/C13H14FN3O/c1-7-4-10(14)6-11(5-7)15-13(18)12-8(2)16-17-9(12)3/h4-6H,1-3H3,(H,15,18)(H,16,17). The van der Waals surface area contributed by atoms with E-state index in [4.69, 9.17) is 0 Å². The van der Waals surface area contributed by atoms with Crippen LogP contribution in [0.3, 0.4) is 0 Å². The van der Waals surface area contributed by atoms with E-state index in [0.717, 1.165) is 5.56 Å². The second-order valence-electron chi connectivity index (χ2n) is 4.28. The minimum Gasteiger partial charge on any atom is -0.322 e. The molecule has 2 aromatic rings. The average Bonchev–Trinajstić information content (AvgIpc) is 2.56. The number of nitrogens with one attached hydrogen (secondary N) is 2. The SMILES string of the molecule is Cc1cc(F)cc(NC(=O)c2c(C)n[nH]c2C)c1. The van der Waals surface area contributed by atoms with Crippen molar-refractivity contribution in [1.29, 1.82) is 0 Å².